The van der Waals surface area contributed by atoms with E-state index in [0.29, 0.717) is 0 Å². The third kappa shape index (κ3) is 53.5. The monoisotopic (exact) mass is 133 g/mol. The summed E-state index contributed by atoms with van der Waals surface area (Å²) < 4.78 is 0. The molecule has 0 aromatic heterocycles. The van der Waals surface area contributed by atoms with Gasteiger partial charge in [-0.15, -0.1) is 0 Å². The van der Waals surface area contributed by atoms with Crippen molar-refractivity contribution >= 4 is 51.4 Å². The molecule has 0 fully saturated rings. The van der Waals surface area contributed by atoms with Crippen LogP contribution in [0.5, 0.6) is 0 Å². The highest BCUT2D eigenvalue weighted by molar-refractivity contribution is 5.76. The van der Waals surface area contributed by atoms with Crippen LogP contribution in [0.4, 0.5) is 0 Å². The normalized spacial score (nSPS) is 0. The molecule has 0 unspecified atom stereocenters. The summed E-state index contributed by atoms with van der Waals surface area (Å²) in [5, 5.41) is 0. The average molecular weight is 133 g/mol. The molecule has 6 N–H and O–H groups in total. The van der Waals surface area contributed by atoms with Gasteiger partial charge in [0.05, 0.1) is 0 Å². The van der Waals surface area contributed by atoms with Gasteiger partial charge in [0, 0.05) is 51.4 Å². The standard InChI is InChI=1S/Al.Mg.3H2O.Si/h;;3*1H2;. The summed E-state index contributed by atoms with van der Waals surface area (Å²) in [4.78, 5) is 0. The molecular formula is H6AlMgO3Si. The van der Waals surface area contributed by atoms with E-state index in [0.717, 1.165) is 0 Å². The van der Waals surface area contributed by atoms with E-state index >= 15 is 0 Å². The van der Waals surface area contributed by atoms with E-state index in [-0.39, 0.29) is 67.8 Å². The minimum absolute atomic E-state index is 0. The first-order valence-corrected chi connectivity index (χ1v) is 0. The Kier molecular flexibility index (Phi) is 2470. The van der Waals surface area contributed by atoms with Gasteiger partial charge in [0.25, 0.3) is 0 Å². The first-order chi connectivity index (χ1) is 0. The van der Waals surface area contributed by atoms with Gasteiger partial charge in [-0.25, -0.2) is 0 Å². The van der Waals surface area contributed by atoms with Gasteiger partial charge in [0.15, 0.2) is 0 Å². The van der Waals surface area contributed by atoms with Crippen molar-refractivity contribution in [3.63, 3.8) is 0 Å². The Labute approximate surface area is 67.7 Å². The first-order valence-electron chi connectivity index (χ1n) is 0. The van der Waals surface area contributed by atoms with Crippen LogP contribution in [0.2, 0.25) is 0 Å². The Balaban J connectivity index is 0. The van der Waals surface area contributed by atoms with E-state index in [1.807, 2.05) is 0 Å². The third-order valence-corrected chi connectivity index (χ3v) is 0. The van der Waals surface area contributed by atoms with Gasteiger partial charge in [-0.3, -0.25) is 0 Å². The first kappa shape index (κ1) is 155. The van der Waals surface area contributed by atoms with Gasteiger partial charge >= 0.3 is 0 Å². The fourth-order valence-electron chi connectivity index (χ4n) is 0. The van der Waals surface area contributed by atoms with Crippen LogP contribution in [-0.2, 0) is 0 Å². The summed E-state index contributed by atoms with van der Waals surface area (Å²) in [6.45, 7) is 0. The van der Waals surface area contributed by atoms with Gasteiger partial charge < -0.3 is 16.4 Å². The Morgan fingerprint density at radius 3 is 0.667 bits per heavy atom. The lowest BCUT2D eigenvalue weighted by Crippen LogP contribution is -0.382. The topological polar surface area (TPSA) is 94.5 Å². The Hall–Kier alpha value is 1.40. The van der Waals surface area contributed by atoms with Gasteiger partial charge in [0.2, 0.25) is 0 Å². The summed E-state index contributed by atoms with van der Waals surface area (Å²) in [5.41, 5.74) is 0. The zero-order valence-corrected chi connectivity index (χ0v) is 6.85. The number of hydrogen-bond acceptors (Lipinski definition) is 0. The summed E-state index contributed by atoms with van der Waals surface area (Å²) >= 11 is 0. The summed E-state index contributed by atoms with van der Waals surface area (Å²) in [5.74, 6) is 0. The van der Waals surface area contributed by atoms with Crippen molar-refractivity contribution in [3.8, 4) is 0 Å². The van der Waals surface area contributed by atoms with Crippen LogP contribution in [-0.4, -0.2) is 67.8 Å². The molecule has 0 aromatic rings. The lowest BCUT2D eigenvalue weighted by molar-refractivity contribution is 0.823. The lowest BCUT2D eigenvalue weighted by atomic mass is 16.0. The maximum atomic E-state index is 0. The maximum absolute atomic E-state index is 0. The van der Waals surface area contributed by atoms with Crippen molar-refractivity contribution in [1.29, 1.82) is 0 Å². The zero-order valence-electron chi connectivity index (χ0n) is 3.28. The van der Waals surface area contributed by atoms with Crippen LogP contribution < -0.4 is 0 Å². The van der Waals surface area contributed by atoms with Crippen LogP contribution in [0.25, 0.3) is 0 Å². The predicted octanol–water partition coefficient (Wildman–Crippen LogP) is -3.62. The largest absolute Gasteiger partial charge is 0.412 e. The van der Waals surface area contributed by atoms with Crippen LogP contribution in [0.15, 0.2) is 0 Å². The zero-order chi connectivity index (χ0) is 0. The highest BCUT2D eigenvalue weighted by Crippen LogP contribution is -0.287. The van der Waals surface area contributed by atoms with E-state index in [1.165, 1.54) is 0 Å². The molecule has 6 heavy (non-hydrogen) atoms. The summed E-state index contributed by atoms with van der Waals surface area (Å²) in [7, 11) is 0. The smallest absolute Gasteiger partial charge is 0 e. The molecule has 0 saturated carbocycles. The number of hydrogen-bond donors (Lipinski definition) is 0. The molecule has 0 aromatic carbocycles. The fraction of sp³-hybridized carbons (Fsp3) is 0. The van der Waals surface area contributed by atoms with Crippen molar-refractivity contribution in [2.24, 2.45) is 0 Å². The van der Waals surface area contributed by atoms with Crippen molar-refractivity contribution in [1.82, 2.24) is 0 Å². The molecule has 0 aliphatic heterocycles. The quantitative estimate of drug-likeness (QED) is 0.305. The molecule has 3 nitrogen and oxygen atoms in total. The molecular weight excluding hydrogens is 127 g/mol. The van der Waals surface area contributed by atoms with E-state index in [2.05, 4.69) is 0 Å². The van der Waals surface area contributed by atoms with E-state index < -0.39 is 0 Å². The molecule has 0 bridgehead atoms. The van der Waals surface area contributed by atoms with Crippen molar-refractivity contribution < 1.29 is 16.4 Å². The Morgan fingerprint density at radius 2 is 0.667 bits per heavy atom. The minimum atomic E-state index is 0. The fourth-order valence-corrected chi connectivity index (χ4v) is 0. The third-order valence-electron chi connectivity index (χ3n) is 0. The molecule has 9 radical (unpaired) electrons. The maximum Gasteiger partial charge on any atom is 0 e. The predicted molar refractivity (Wildman–Crippen MR) is 28.1 cm³/mol. The van der Waals surface area contributed by atoms with Crippen LogP contribution >= 0.6 is 0 Å². The molecule has 0 saturated heterocycles. The molecule has 0 atom stereocenters. The second kappa shape index (κ2) is 95.6. The molecule has 0 aliphatic rings. The minimum Gasteiger partial charge on any atom is -0.412 e. The van der Waals surface area contributed by atoms with Crippen LogP contribution in [0.1, 0.15) is 0 Å². The second-order valence-electron chi connectivity index (χ2n) is 0. The summed E-state index contributed by atoms with van der Waals surface area (Å²) in [6, 6.07) is 0. The van der Waals surface area contributed by atoms with Gasteiger partial charge in [-0.05, 0) is 0 Å². The van der Waals surface area contributed by atoms with Gasteiger partial charge in [-0.2, -0.15) is 0 Å². The molecule has 6 heteroatoms. The molecule has 0 aliphatic carbocycles. The van der Waals surface area contributed by atoms with Crippen molar-refractivity contribution in [3.05, 3.63) is 0 Å². The molecule has 0 rings (SSSR count). The second-order valence-corrected chi connectivity index (χ2v) is 0. The summed E-state index contributed by atoms with van der Waals surface area (Å²) in [6.07, 6.45) is 0. The molecule has 0 heterocycles. The van der Waals surface area contributed by atoms with Crippen molar-refractivity contribution in [2.45, 2.75) is 0 Å². The lowest BCUT2D eigenvalue weighted by Gasteiger charge is -0.413. The SMILES string of the molecule is O.O.O.[Al].[Mg].[Si]. The Morgan fingerprint density at radius 1 is 0.667 bits per heavy atom. The number of rotatable bonds is 0. The highest BCUT2D eigenvalue weighted by atomic mass is 28.1. The van der Waals surface area contributed by atoms with Crippen LogP contribution in [0, 0.1) is 0 Å². The van der Waals surface area contributed by atoms with Gasteiger partial charge in [-0.1, -0.05) is 0 Å². The Bertz CT molecular complexity index is 10.8. The van der Waals surface area contributed by atoms with Gasteiger partial charge in [0.1, 0.15) is 0 Å². The highest BCUT2D eigenvalue weighted by Gasteiger charge is 0.00202. The van der Waals surface area contributed by atoms with E-state index in [9.17, 15) is 0 Å². The van der Waals surface area contributed by atoms with E-state index in [4.69, 9.17) is 0 Å². The van der Waals surface area contributed by atoms with E-state index in [1.54, 1.807) is 0 Å². The molecule has 0 amide bonds. The average Bonchev–Trinajstić information content (AvgIpc) is 0. The molecule has 0 spiro atoms. The van der Waals surface area contributed by atoms with Crippen molar-refractivity contribution in [2.75, 3.05) is 0 Å². The molecule has 33 valence electrons. The van der Waals surface area contributed by atoms with Crippen LogP contribution in [0.3, 0.4) is 0 Å².